The first-order valence-electron chi connectivity index (χ1n) is 9.95. The van der Waals surface area contributed by atoms with Gasteiger partial charge in [0.2, 0.25) is 0 Å². The lowest BCUT2D eigenvalue weighted by molar-refractivity contribution is -0.141. The van der Waals surface area contributed by atoms with Gasteiger partial charge in [-0.15, -0.1) is 0 Å². The average molecular weight is 494 g/mol. The molecule has 2 aromatic carbocycles. The summed E-state index contributed by atoms with van der Waals surface area (Å²) in [7, 11) is -3.55. The molecule has 0 unspecified atom stereocenters. The summed E-state index contributed by atoms with van der Waals surface area (Å²) in [5, 5.41) is 8.23. The Hall–Kier alpha value is -3.67. The molecule has 0 amide bonds. The summed E-state index contributed by atoms with van der Waals surface area (Å²) < 4.78 is 77.1. The minimum absolute atomic E-state index is 0.0159. The molecular formula is C22H18F4N4O3S. The number of halogens is 4. The maximum absolute atomic E-state index is 13.2. The van der Waals surface area contributed by atoms with Gasteiger partial charge in [-0.25, -0.2) is 12.8 Å². The molecule has 34 heavy (non-hydrogen) atoms. The van der Waals surface area contributed by atoms with Crippen molar-refractivity contribution in [3.63, 3.8) is 0 Å². The fourth-order valence-corrected chi connectivity index (χ4v) is 4.14. The van der Waals surface area contributed by atoms with Crippen LogP contribution < -0.4 is 5.56 Å². The molecule has 4 aromatic rings. The summed E-state index contributed by atoms with van der Waals surface area (Å²) in [6.07, 6.45) is -3.15. The van der Waals surface area contributed by atoms with E-state index in [2.05, 4.69) is 10.2 Å². The van der Waals surface area contributed by atoms with Crippen LogP contribution >= 0.6 is 0 Å². The van der Waals surface area contributed by atoms with Crippen molar-refractivity contribution in [3.05, 3.63) is 87.6 Å². The van der Waals surface area contributed by atoms with Crippen molar-refractivity contribution in [2.45, 2.75) is 23.9 Å². The summed E-state index contributed by atoms with van der Waals surface area (Å²) in [4.78, 5) is 13.2. The van der Waals surface area contributed by atoms with Gasteiger partial charge in [0.25, 0.3) is 5.56 Å². The van der Waals surface area contributed by atoms with E-state index in [-0.39, 0.29) is 28.4 Å². The first-order valence-corrected chi connectivity index (χ1v) is 11.8. The fourth-order valence-electron chi connectivity index (χ4n) is 3.48. The Bertz CT molecular complexity index is 1500. The minimum atomic E-state index is -4.68. The molecule has 0 bridgehead atoms. The van der Waals surface area contributed by atoms with Gasteiger partial charge in [0.1, 0.15) is 11.5 Å². The maximum atomic E-state index is 13.2. The molecule has 12 heteroatoms. The third-order valence-electron chi connectivity index (χ3n) is 5.21. The van der Waals surface area contributed by atoms with Crippen LogP contribution in [0.25, 0.3) is 17.1 Å². The predicted molar refractivity (Wildman–Crippen MR) is 116 cm³/mol. The molecule has 0 aliphatic rings. The van der Waals surface area contributed by atoms with Crippen LogP contribution in [0.4, 0.5) is 17.6 Å². The van der Waals surface area contributed by atoms with Gasteiger partial charge >= 0.3 is 6.18 Å². The second-order valence-electron chi connectivity index (χ2n) is 7.67. The molecule has 0 radical (unpaired) electrons. The van der Waals surface area contributed by atoms with Gasteiger partial charge in [-0.1, -0.05) is 24.3 Å². The van der Waals surface area contributed by atoms with Crippen LogP contribution in [0.3, 0.4) is 0 Å². The predicted octanol–water partition coefficient (Wildman–Crippen LogP) is 3.90. The number of hydrogen-bond donors (Lipinski definition) is 2. The largest absolute Gasteiger partial charge is 0.432 e. The Labute approximate surface area is 191 Å². The van der Waals surface area contributed by atoms with Gasteiger partial charge < -0.3 is 0 Å². The van der Waals surface area contributed by atoms with Gasteiger partial charge in [-0.2, -0.15) is 23.0 Å². The summed E-state index contributed by atoms with van der Waals surface area (Å²) in [6.45, 7) is 0. The molecule has 0 fully saturated rings. The third kappa shape index (κ3) is 4.81. The lowest BCUT2D eigenvalue weighted by atomic mass is 10.0. The van der Waals surface area contributed by atoms with Crippen LogP contribution in [0.1, 0.15) is 16.8 Å². The zero-order valence-corrected chi connectivity index (χ0v) is 18.5. The molecule has 2 aromatic heterocycles. The molecular weight excluding hydrogens is 476 g/mol. The molecule has 0 saturated heterocycles. The van der Waals surface area contributed by atoms with Gasteiger partial charge in [0.05, 0.1) is 10.6 Å². The minimum Gasteiger partial charge on any atom is -0.289 e. The van der Waals surface area contributed by atoms with Crippen molar-refractivity contribution < 1.29 is 26.0 Å². The smallest absolute Gasteiger partial charge is 0.289 e. The van der Waals surface area contributed by atoms with Gasteiger partial charge in [0, 0.05) is 23.4 Å². The molecule has 0 saturated carbocycles. The third-order valence-corrected chi connectivity index (χ3v) is 6.32. The Morgan fingerprint density at radius 1 is 1.03 bits per heavy atom. The lowest BCUT2D eigenvalue weighted by Crippen LogP contribution is -2.18. The van der Waals surface area contributed by atoms with E-state index in [0.29, 0.717) is 18.1 Å². The number of aromatic amines is 2. The van der Waals surface area contributed by atoms with E-state index in [1.165, 1.54) is 30.3 Å². The number of aryl methyl sites for hydroxylation is 1. The quantitative estimate of drug-likeness (QED) is 0.397. The highest BCUT2D eigenvalue weighted by atomic mass is 32.2. The molecule has 0 aliphatic carbocycles. The average Bonchev–Trinajstić information content (AvgIpc) is 3.38. The van der Waals surface area contributed by atoms with Crippen LogP contribution in [0.15, 0.2) is 64.3 Å². The van der Waals surface area contributed by atoms with Crippen LogP contribution in [0.2, 0.25) is 0 Å². The Morgan fingerprint density at radius 2 is 1.74 bits per heavy atom. The maximum Gasteiger partial charge on any atom is 0.432 e. The number of hydrogen-bond acceptors (Lipinski definition) is 4. The van der Waals surface area contributed by atoms with Gasteiger partial charge in [0.15, 0.2) is 15.7 Å². The van der Waals surface area contributed by atoms with E-state index in [1.54, 1.807) is 18.2 Å². The molecule has 178 valence electrons. The van der Waals surface area contributed by atoms with Crippen molar-refractivity contribution in [2.75, 3.05) is 6.26 Å². The fraction of sp³-hybridized carbons (Fsp3) is 0.182. The molecule has 0 atom stereocenters. The molecule has 0 aliphatic heterocycles. The van der Waals surface area contributed by atoms with Gasteiger partial charge in [-0.05, 0) is 42.7 Å². The van der Waals surface area contributed by atoms with E-state index in [9.17, 15) is 30.8 Å². The number of benzene rings is 2. The summed E-state index contributed by atoms with van der Waals surface area (Å²) >= 11 is 0. The number of nitrogens with one attached hydrogen (secondary N) is 2. The van der Waals surface area contributed by atoms with Crippen LogP contribution in [0, 0.1) is 5.82 Å². The van der Waals surface area contributed by atoms with E-state index in [4.69, 9.17) is 0 Å². The zero-order valence-electron chi connectivity index (χ0n) is 17.6. The molecule has 2 N–H and O–H groups in total. The highest BCUT2D eigenvalue weighted by Gasteiger charge is 2.33. The normalized spacial score (nSPS) is 12.3. The van der Waals surface area contributed by atoms with Crippen molar-refractivity contribution in [1.82, 2.24) is 20.0 Å². The zero-order chi connectivity index (χ0) is 24.7. The number of rotatable bonds is 6. The topological polar surface area (TPSA) is 101 Å². The Balaban J connectivity index is 1.82. The number of sulfone groups is 1. The van der Waals surface area contributed by atoms with Crippen LogP contribution in [-0.4, -0.2) is 34.7 Å². The van der Waals surface area contributed by atoms with Crippen LogP contribution in [0.5, 0.6) is 0 Å². The van der Waals surface area contributed by atoms with Crippen molar-refractivity contribution in [3.8, 4) is 17.1 Å². The van der Waals surface area contributed by atoms with E-state index < -0.39 is 33.1 Å². The number of H-pyrrole nitrogens is 2. The molecule has 7 nitrogen and oxygen atoms in total. The van der Waals surface area contributed by atoms with E-state index in [0.717, 1.165) is 16.5 Å². The first kappa shape index (κ1) is 23.5. The summed E-state index contributed by atoms with van der Waals surface area (Å²) in [5.74, 6) is -0.712. The van der Waals surface area contributed by atoms with Crippen molar-refractivity contribution in [2.24, 2.45) is 0 Å². The van der Waals surface area contributed by atoms with Crippen molar-refractivity contribution >= 4 is 9.84 Å². The molecule has 2 heterocycles. The Morgan fingerprint density at radius 3 is 2.35 bits per heavy atom. The van der Waals surface area contributed by atoms with Gasteiger partial charge in [-0.3, -0.25) is 15.0 Å². The monoisotopic (exact) mass is 494 g/mol. The second-order valence-corrected chi connectivity index (χ2v) is 9.69. The SMILES string of the molecule is CS(=O)(=O)c1cccc(-c2[nH]n(-c3cc(C(F)(F)F)[nH]n3)c(=O)c2CCc2ccc(F)cc2)c1. The van der Waals surface area contributed by atoms with E-state index >= 15 is 0 Å². The number of nitrogens with zero attached hydrogens (tertiary/aromatic N) is 2. The lowest BCUT2D eigenvalue weighted by Gasteiger charge is -2.06. The van der Waals surface area contributed by atoms with E-state index in [1.807, 2.05) is 5.10 Å². The standard InChI is InChI=1S/C22H18F4N4O3S/c1-34(32,33)16-4-2-3-14(11-16)20-17(10-7-13-5-8-15(23)9-6-13)21(31)30(29-20)19-12-18(27-28-19)22(24,25)26/h2-6,8-9,11-12,29H,7,10H2,1H3,(H,27,28). The number of aromatic nitrogens is 4. The van der Waals surface area contributed by atoms with Crippen molar-refractivity contribution in [1.29, 1.82) is 0 Å². The Kier molecular flexibility index (Phi) is 5.94. The molecule has 4 rings (SSSR count). The van der Waals surface area contributed by atoms with Crippen LogP contribution in [-0.2, 0) is 28.9 Å². The number of alkyl halides is 3. The highest BCUT2D eigenvalue weighted by Crippen LogP contribution is 2.29. The summed E-state index contributed by atoms with van der Waals surface area (Å²) in [6, 6.07) is 12.2. The molecule has 0 spiro atoms. The highest BCUT2D eigenvalue weighted by molar-refractivity contribution is 7.90. The second kappa shape index (κ2) is 8.60. The summed E-state index contributed by atoms with van der Waals surface area (Å²) in [5.41, 5.74) is -0.205. The first-order chi connectivity index (χ1) is 15.9.